The van der Waals surface area contributed by atoms with E-state index in [1.165, 1.54) is 6.07 Å². The van der Waals surface area contributed by atoms with Crippen LogP contribution in [-0.2, 0) is 0 Å². The number of benzene rings is 3. The number of nitrogens with zero attached hydrogens (tertiary/aromatic N) is 1. The molecule has 4 aromatic rings. The molecule has 4 N–H and O–H groups in total. The fraction of sp³-hybridized carbons (Fsp3) is 0.0435. The summed E-state index contributed by atoms with van der Waals surface area (Å²) in [6.45, 7) is 1.77. The molecule has 1 amide bonds. The van der Waals surface area contributed by atoms with Gasteiger partial charge >= 0.3 is 5.97 Å². The average Bonchev–Trinajstić information content (AvgIpc) is 3.02. The minimum atomic E-state index is -1.07. The molecule has 158 valence electrons. The lowest BCUT2D eigenvalue weighted by atomic mass is 10.1. The number of primary amides is 1. The van der Waals surface area contributed by atoms with Crippen LogP contribution in [0.25, 0.3) is 16.6 Å². The van der Waals surface area contributed by atoms with Gasteiger partial charge in [-0.25, -0.2) is 13.6 Å². The highest BCUT2D eigenvalue weighted by Gasteiger charge is 2.20. The van der Waals surface area contributed by atoms with Gasteiger partial charge in [-0.3, -0.25) is 4.79 Å². The number of aromatic hydroxyl groups is 1. The summed E-state index contributed by atoms with van der Waals surface area (Å²) in [6.07, 6.45) is 0. The smallest absolute Gasteiger partial charge is 0.338 e. The minimum absolute atomic E-state index is 0.0381. The number of aromatic nitrogens is 1. The van der Waals surface area contributed by atoms with Crippen LogP contribution in [0.15, 0.2) is 66.7 Å². The normalized spacial score (nSPS) is 10.4. The number of aromatic carboxylic acids is 1. The van der Waals surface area contributed by atoms with Crippen molar-refractivity contribution in [1.82, 2.24) is 4.57 Å². The molecule has 31 heavy (non-hydrogen) atoms. The van der Waals surface area contributed by atoms with Gasteiger partial charge in [0.25, 0.3) is 0 Å². The molecular weight excluding hydrogens is 406 g/mol. The lowest BCUT2D eigenvalue weighted by molar-refractivity contribution is 0.0698. The highest BCUT2D eigenvalue weighted by atomic mass is 19.2. The van der Waals surface area contributed by atoms with Crippen LogP contribution >= 0.6 is 0 Å². The van der Waals surface area contributed by atoms with Crippen molar-refractivity contribution in [2.75, 3.05) is 0 Å². The molecule has 0 fully saturated rings. The number of phenolic OH excluding ortho intramolecular Hbond substituents is 1. The first kappa shape index (κ1) is 21.5. The quantitative estimate of drug-likeness (QED) is 0.453. The lowest BCUT2D eigenvalue weighted by Gasteiger charge is -2.08. The Morgan fingerprint density at radius 1 is 0.935 bits per heavy atom. The topological polar surface area (TPSA) is 106 Å². The van der Waals surface area contributed by atoms with Crippen LogP contribution < -0.4 is 5.73 Å². The molecule has 4 rings (SSSR count). The largest absolute Gasteiger partial charge is 0.508 e. The van der Waals surface area contributed by atoms with E-state index in [2.05, 4.69) is 0 Å². The summed E-state index contributed by atoms with van der Waals surface area (Å²) < 4.78 is 26.5. The van der Waals surface area contributed by atoms with Crippen molar-refractivity contribution in [3.63, 3.8) is 0 Å². The van der Waals surface area contributed by atoms with E-state index in [0.717, 1.165) is 29.4 Å². The molecule has 0 saturated carbocycles. The number of halogens is 2. The zero-order valence-electron chi connectivity index (χ0n) is 16.3. The second kappa shape index (κ2) is 8.66. The Morgan fingerprint density at radius 2 is 1.61 bits per heavy atom. The lowest BCUT2D eigenvalue weighted by Crippen LogP contribution is -2.11. The predicted molar refractivity (Wildman–Crippen MR) is 112 cm³/mol. The van der Waals surface area contributed by atoms with Gasteiger partial charge in [0.1, 0.15) is 5.75 Å². The van der Waals surface area contributed by atoms with E-state index in [0.29, 0.717) is 11.1 Å². The number of phenols is 1. The van der Waals surface area contributed by atoms with Gasteiger partial charge in [0.15, 0.2) is 11.6 Å². The van der Waals surface area contributed by atoms with Gasteiger partial charge in [-0.05, 0) is 55.5 Å². The summed E-state index contributed by atoms with van der Waals surface area (Å²) in [6, 6.07) is 17.1. The summed E-state index contributed by atoms with van der Waals surface area (Å²) in [7, 11) is 0. The van der Waals surface area contributed by atoms with Crippen LogP contribution in [0.4, 0.5) is 8.78 Å². The molecule has 0 spiro atoms. The van der Waals surface area contributed by atoms with Crippen LogP contribution in [0.3, 0.4) is 0 Å². The molecule has 0 aliphatic heterocycles. The number of rotatable bonds is 3. The number of nitrogens with two attached hydrogens (primary N) is 1. The molecule has 0 aliphatic rings. The first-order valence-electron chi connectivity index (χ1n) is 9.08. The summed E-state index contributed by atoms with van der Waals surface area (Å²) in [5, 5.41) is 19.6. The Balaban J connectivity index is 0.000000210. The monoisotopic (exact) mass is 424 g/mol. The maximum absolute atomic E-state index is 12.4. The van der Waals surface area contributed by atoms with Crippen LogP contribution in [-0.4, -0.2) is 26.7 Å². The second-order valence-corrected chi connectivity index (χ2v) is 6.63. The third-order valence-corrected chi connectivity index (χ3v) is 4.62. The molecule has 1 heterocycles. The number of carboxylic acids is 1. The fourth-order valence-corrected chi connectivity index (χ4v) is 3.24. The molecule has 0 radical (unpaired) electrons. The molecule has 0 saturated heterocycles. The van der Waals surface area contributed by atoms with Crippen molar-refractivity contribution in [3.8, 4) is 11.4 Å². The van der Waals surface area contributed by atoms with Gasteiger partial charge < -0.3 is 20.5 Å². The summed E-state index contributed by atoms with van der Waals surface area (Å²) >= 11 is 0. The summed E-state index contributed by atoms with van der Waals surface area (Å²) in [4.78, 5) is 21.9. The minimum Gasteiger partial charge on any atom is -0.508 e. The molecule has 8 heteroatoms. The number of amides is 1. The number of hydrogen-bond donors (Lipinski definition) is 3. The zero-order valence-corrected chi connectivity index (χ0v) is 16.3. The van der Waals surface area contributed by atoms with Gasteiger partial charge in [-0.2, -0.15) is 0 Å². The number of hydrogen-bond acceptors (Lipinski definition) is 3. The van der Waals surface area contributed by atoms with Crippen LogP contribution in [0.5, 0.6) is 5.75 Å². The number of carbonyl (C=O) groups is 2. The van der Waals surface area contributed by atoms with Gasteiger partial charge in [0.05, 0.1) is 11.1 Å². The maximum Gasteiger partial charge on any atom is 0.338 e. The van der Waals surface area contributed by atoms with Crippen molar-refractivity contribution in [2.45, 2.75) is 6.92 Å². The van der Waals surface area contributed by atoms with Crippen molar-refractivity contribution < 1.29 is 28.6 Å². The van der Waals surface area contributed by atoms with Crippen LogP contribution in [0, 0.1) is 18.6 Å². The third kappa shape index (κ3) is 4.37. The molecule has 0 atom stereocenters. The SMILES string of the molecule is Cc1c(C(=O)O)c2cc(O)ccc2n1-c1ccccc1.NC(=O)c1ccc(F)c(F)c1. The molecule has 0 aliphatic carbocycles. The van der Waals surface area contributed by atoms with E-state index >= 15 is 0 Å². The number of carbonyl (C=O) groups excluding carboxylic acids is 1. The number of carboxylic acid groups (broad SMARTS) is 1. The second-order valence-electron chi connectivity index (χ2n) is 6.63. The summed E-state index contributed by atoms with van der Waals surface area (Å²) in [5.41, 5.74) is 7.30. The maximum atomic E-state index is 12.4. The predicted octanol–water partition coefficient (Wildman–Crippen LogP) is 4.41. The average molecular weight is 424 g/mol. The Kier molecular flexibility index (Phi) is 6.01. The van der Waals surface area contributed by atoms with Crippen molar-refractivity contribution in [2.24, 2.45) is 5.73 Å². The van der Waals surface area contributed by atoms with E-state index in [1.54, 1.807) is 19.1 Å². The Hall–Kier alpha value is -4.20. The first-order valence-corrected chi connectivity index (χ1v) is 9.08. The molecular formula is C23H18F2N2O4. The van der Waals surface area contributed by atoms with Crippen molar-refractivity contribution in [3.05, 3.63) is 95.2 Å². The molecule has 6 nitrogen and oxygen atoms in total. The van der Waals surface area contributed by atoms with Gasteiger partial charge in [0, 0.05) is 22.3 Å². The van der Waals surface area contributed by atoms with E-state index in [9.17, 15) is 28.6 Å². The molecule has 1 aromatic heterocycles. The van der Waals surface area contributed by atoms with Gasteiger partial charge in [-0.15, -0.1) is 0 Å². The van der Waals surface area contributed by atoms with Crippen LogP contribution in [0.1, 0.15) is 26.4 Å². The molecule has 0 bridgehead atoms. The number of para-hydroxylation sites is 1. The zero-order chi connectivity index (χ0) is 22.7. The van der Waals surface area contributed by atoms with Crippen LogP contribution in [0.2, 0.25) is 0 Å². The van der Waals surface area contributed by atoms with E-state index in [4.69, 9.17) is 5.73 Å². The Labute approximate surface area is 175 Å². The highest BCUT2D eigenvalue weighted by Crippen LogP contribution is 2.31. The first-order chi connectivity index (χ1) is 14.7. The fourth-order valence-electron chi connectivity index (χ4n) is 3.24. The Bertz CT molecular complexity index is 1280. The van der Waals surface area contributed by atoms with Gasteiger partial charge in [-0.1, -0.05) is 18.2 Å². The van der Waals surface area contributed by atoms with E-state index < -0.39 is 23.5 Å². The molecule has 3 aromatic carbocycles. The highest BCUT2D eigenvalue weighted by molar-refractivity contribution is 6.06. The standard InChI is InChI=1S/C16H13NO3.C7H5F2NO/c1-10-15(16(19)20)13-9-12(18)7-8-14(13)17(10)11-5-3-2-4-6-11;8-5-2-1-4(7(10)11)3-6(5)9/h2-9,18H,1H3,(H,19,20);1-3H,(H2,10,11). The Morgan fingerprint density at radius 3 is 2.19 bits per heavy atom. The van der Waals surface area contributed by atoms with Crippen molar-refractivity contribution in [1.29, 1.82) is 0 Å². The van der Waals surface area contributed by atoms with Crippen molar-refractivity contribution >= 4 is 22.8 Å². The van der Waals surface area contributed by atoms with E-state index in [-0.39, 0.29) is 16.9 Å². The summed E-state index contributed by atoms with van der Waals surface area (Å²) in [5.74, 6) is -3.77. The van der Waals surface area contributed by atoms with E-state index in [1.807, 2.05) is 34.9 Å². The molecule has 0 unspecified atom stereocenters. The number of fused-ring (bicyclic) bond motifs is 1. The third-order valence-electron chi connectivity index (χ3n) is 4.62. The van der Waals surface area contributed by atoms with Gasteiger partial charge in [0.2, 0.25) is 5.91 Å².